The number of rotatable bonds is 3. The van der Waals surface area contributed by atoms with Crippen LogP contribution in [0.15, 0.2) is 30.3 Å². The van der Waals surface area contributed by atoms with Gasteiger partial charge in [-0.05, 0) is 62.0 Å². The number of aliphatic hydroxyl groups is 1. The zero-order chi connectivity index (χ0) is 20.5. The molecule has 2 atom stereocenters. The monoisotopic (exact) mass is 408 g/mol. The lowest BCUT2D eigenvalue weighted by Crippen LogP contribution is -2.61. The number of ether oxygens (including phenoxy) is 1. The molecular formula is C23H28N4O3. The van der Waals surface area contributed by atoms with Crippen LogP contribution in [0, 0.1) is 17.8 Å². The van der Waals surface area contributed by atoms with Crippen LogP contribution in [-0.4, -0.2) is 45.6 Å². The van der Waals surface area contributed by atoms with Crippen LogP contribution in [0.25, 0.3) is 0 Å². The predicted molar refractivity (Wildman–Crippen MR) is 112 cm³/mol. The molecule has 2 N–H and O–H groups in total. The van der Waals surface area contributed by atoms with Gasteiger partial charge in [-0.1, -0.05) is 12.1 Å². The maximum atomic E-state index is 13.1. The highest BCUT2D eigenvalue weighted by Gasteiger charge is 2.55. The molecule has 158 valence electrons. The molecule has 4 fully saturated rings. The lowest BCUT2D eigenvalue weighted by molar-refractivity contribution is -0.136. The fourth-order valence-electron chi connectivity index (χ4n) is 6.67. The van der Waals surface area contributed by atoms with E-state index in [1.54, 1.807) is 4.68 Å². The Balaban J connectivity index is 1.23. The second-order valence-electron chi connectivity index (χ2n) is 9.67. The van der Waals surface area contributed by atoms with Crippen LogP contribution in [0.5, 0.6) is 5.75 Å². The van der Waals surface area contributed by atoms with E-state index in [0.29, 0.717) is 36.6 Å². The molecule has 5 aliphatic rings. The first kappa shape index (κ1) is 18.2. The zero-order valence-corrected chi connectivity index (χ0v) is 17.3. The summed E-state index contributed by atoms with van der Waals surface area (Å²) in [5.74, 6) is 3.03. The Morgan fingerprint density at radius 2 is 2.00 bits per heavy atom. The lowest BCUT2D eigenvalue weighted by Gasteiger charge is -2.58. The molecular weight excluding hydrogens is 380 g/mol. The van der Waals surface area contributed by atoms with Gasteiger partial charge in [0.1, 0.15) is 18.2 Å². The minimum absolute atomic E-state index is 0.108. The molecule has 0 spiro atoms. The second kappa shape index (κ2) is 6.48. The third kappa shape index (κ3) is 2.82. The fourth-order valence-corrected chi connectivity index (χ4v) is 6.67. The predicted octanol–water partition coefficient (Wildman–Crippen LogP) is 2.62. The van der Waals surface area contributed by atoms with Gasteiger partial charge in [-0.25, -0.2) is 0 Å². The number of nitrogens with zero attached hydrogens (tertiary/aromatic N) is 3. The average molecular weight is 409 g/mol. The van der Waals surface area contributed by atoms with Gasteiger partial charge >= 0.3 is 0 Å². The van der Waals surface area contributed by atoms with Crippen molar-refractivity contribution in [2.45, 2.75) is 43.7 Å². The molecule has 2 aromatic rings. The van der Waals surface area contributed by atoms with Gasteiger partial charge in [0.2, 0.25) is 0 Å². The van der Waals surface area contributed by atoms with Gasteiger partial charge in [0, 0.05) is 19.2 Å². The fraction of sp³-hybridized carbons (Fsp3) is 0.565. The number of benzene rings is 1. The first-order valence-electron chi connectivity index (χ1n) is 11.1. The van der Waals surface area contributed by atoms with Crippen molar-refractivity contribution < 1.29 is 14.6 Å². The topological polar surface area (TPSA) is 79.6 Å². The Bertz CT molecular complexity index is 986. The number of anilines is 2. The van der Waals surface area contributed by atoms with Crippen molar-refractivity contribution in [3.63, 3.8) is 0 Å². The van der Waals surface area contributed by atoms with E-state index in [0.717, 1.165) is 49.4 Å². The molecule has 1 amide bonds. The SMILES string of the molecule is Cn1nc(C(=O)NC2C3CC4CC2CC(O)(C4)C3)cc1N1CCOc2ccccc21. The van der Waals surface area contributed by atoms with Crippen molar-refractivity contribution in [2.75, 3.05) is 18.1 Å². The van der Waals surface area contributed by atoms with Crippen molar-refractivity contribution in [2.24, 2.45) is 24.8 Å². The quantitative estimate of drug-likeness (QED) is 0.816. The summed E-state index contributed by atoms with van der Waals surface area (Å²) in [4.78, 5) is 15.3. The number of nitrogens with one attached hydrogen (secondary N) is 1. The molecule has 4 bridgehead atoms. The Morgan fingerprint density at radius 1 is 1.23 bits per heavy atom. The first-order chi connectivity index (χ1) is 14.5. The molecule has 7 nitrogen and oxygen atoms in total. The summed E-state index contributed by atoms with van der Waals surface area (Å²) < 4.78 is 7.54. The van der Waals surface area contributed by atoms with E-state index in [2.05, 4.69) is 15.3 Å². The molecule has 0 saturated heterocycles. The number of fused-ring (bicyclic) bond motifs is 1. The zero-order valence-electron chi connectivity index (χ0n) is 17.3. The van der Waals surface area contributed by atoms with Crippen LogP contribution >= 0.6 is 0 Å². The molecule has 4 saturated carbocycles. The van der Waals surface area contributed by atoms with Gasteiger partial charge in [0.15, 0.2) is 5.69 Å². The number of hydrogen-bond acceptors (Lipinski definition) is 5. The summed E-state index contributed by atoms with van der Waals surface area (Å²) in [5, 5.41) is 18.6. The Hall–Kier alpha value is -2.54. The molecule has 7 heteroatoms. The number of amides is 1. The summed E-state index contributed by atoms with van der Waals surface area (Å²) >= 11 is 0. The van der Waals surface area contributed by atoms with E-state index in [4.69, 9.17) is 4.74 Å². The highest BCUT2D eigenvalue weighted by molar-refractivity contribution is 5.93. The van der Waals surface area contributed by atoms with Crippen LogP contribution < -0.4 is 15.0 Å². The van der Waals surface area contributed by atoms with E-state index in [1.807, 2.05) is 37.4 Å². The lowest BCUT2D eigenvalue weighted by atomic mass is 9.52. The second-order valence-corrected chi connectivity index (χ2v) is 9.67. The van der Waals surface area contributed by atoms with Gasteiger partial charge in [0.05, 0.1) is 17.8 Å². The summed E-state index contributed by atoms with van der Waals surface area (Å²) in [7, 11) is 1.88. The van der Waals surface area contributed by atoms with Crippen molar-refractivity contribution in [3.05, 3.63) is 36.0 Å². The Morgan fingerprint density at radius 3 is 2.77 bits per heavy atom. The molecule has 1 aromatic heterocycles. The van der Waals surface area contributed by atoms with E-state index >= 15 is 0 Å². The van der Waals surface area contributed by atoms with Gasteiger partial charge in [-0.15, -0.1) is 0 Å². The molecule has 1 aliphatic heterocycles. The van der Waals surface area contributed by atoms with E-state index in [1.165, 1.54) is 0 Å². The summed E-state index contributed by atoms with van der Waals surface area (Å²) in [6.45, 7) is 1.31. The van der Waals surface area contributed by atoms with Crippen LogP contribution in [0.3, 0.4) is 0 Å². The van der Waals surface area contributed by atoms with Crippen LogP contribution in [0.4, 0.5) is 11.5 Å². The number of para-hydroxylation sites is 2. The number of carbonyl (C=O) groups excluding carboxylic acids is 1. The third-order valence-electron chi connectivity index (χ3n) is 7.63. The third-order valence-corrected chi connectivity index (χ3v) is 7.63. The van der Waals surface area contributed by atoms with Gasteiger partial charge in [-0.2, -0.15) is 5.10 Å². The molecule has 7 rings (SSSR count). The van der Waals surface area contributed by atoms with Crippen molar-refractivity contribution >= 4 is 17.4 Å². The highest BCUT2D eigenvalue weighted by Crippen LogP contribution is 2.55. The molecule has 0 radical (unpaired) electrons. The first-order valence-corrected chi connectivity index (χ1v) is 11.1. The normalized spacial score (nSPS) is 33.9. The summed E-state index contributed by atoms with van der Waals surface area (Å²) in [5.41, 5.74) is 0.955. The smallest absolute Gasteiger partial charge is 0.272 e. The molecule has 2 heterocycles. The van der Waals surface area contributed by atoms with E-state index in [-0.39, 0.29) is 11.9 Å². The number of hydrogen-bond donors (Lipinski definition) is 2. The number of carbonyl (C=O) groups is 1. The number of aromatic nitrogens is 2. The molecule has 1 aromatic carbocycles. The van der Waals surface area contributed by atoms with E-state index in [9.17, 15) is 9.90 Å². The van der Waals surface area contributed by atoms with Crippen LogP contribution in [0.1, 0.15) is 42.6 Å². The minimum Gasteiger partial charge on any atom is -0.490 e. The van der Waals surface area contributed by atoms with Crippen LogP contribution in [0.2, 0.25) is 0 Å². The maximum Gasteiger partial charge on any atom is 0.272 e. The van der Waals surface area contributed by atoms with Crippen molar-refractivity contribution in [3.8, 4) is 5.75 Å². The molecule has 4 aliphatic carbocycles. The summed E-state index contributed by atoms with van der Waals surface area (Å²) in [6.07, 6.45) is 4.85. The summed E-state index contributed by atoms with van der Waals surface area (Å²) in [6, 6.07) is 9.98. The van der Waals surface area contributed by atoms with Gasteiger partial charge in [-0.3, -0.25) is 9.48 Å². The average Bonchev–Trinajstić information content (AvgIpc) is 3.10. The molecule has 30 heavy (non-hydrogen) atoms. The van der Waals surface area contributed by atoms with Crippen LogP contribution in [-0.2, 0) is 7.05 Å². The number of aryl methyl sites for hydroxylation is 1. The highest BCUT2D eigenvalue weighted by atomic mass is 16.5. The van der Waals surface area contributed by atoms with Gasteiger partial charge < -0.3 is 20.1 Å². The maximum absolute atomic E-state index is 13.1. The Labute approximate surface area is 176 Å². The minimum atomic E-state index is -0.486. The Kier molecular flexibility index (Phi) is 3.94. The van der Waals surface area contributed by atoms with Gasteiger partial charge in [0.25, 0.3) is 5.91 Å². The van der Waals surface area contributed by atoms with Crippen molar-refractivity contribution in [1.29, 1.82) is 0 Å². The molecule has 2 unspecified atom stereocenters. The van der Waals surface area contributed by atoms with Crippen molar-refractivity contribution in [1.82, 2.24) is 15.1 Å². The van der Waals surface area contributed by atoms with E-state index < -0.39 is 5.60 Å². The standard InChI is InChI=1S/C23H28N4O3/c1-26-20(27-6-7-30-19-5-3-2-4-18(19)27)10-17(25-26)22(28)24-21-15-8-14-9-16(21)13-23(29,11-14)12-15/h2-5,10,14-16,21,29H,6-9,11-13H2,1H3,(H,24,28). The largest absolute Gasteiger partial charge is 0.490 e.